The highest BCUT2D eigenvalue weighted by atomic mass is 127. The molecule has 0 aliphatic carbocycles. The van der Waals surface area contributed by atoms with Gasteiger partial charge in [0.25, 0.3) is 0 Å². The van der Waals surface area contributed by atoms with Gasteiger partial charge in [-0.3, -0.25) is 9.79 Å². The maximum Gasteiger partial charge on any atom is 0.222 e. The smallest absolute Gasteiger partial charge is 0.222 e. The number of carbonyl (C=O) groups is 1. The molecule has 1 aliphatic heterocycles. The topological polar surface area (TPSA) is 98.0 Å². The lowest BCUT2D eigenvalue weighted by Gasteiger charge is -2.17. The van der Waals surface area contributed by atoms with E-state index in [-0.39, 0.29) is 29.8 Å². The van der Waals surface area contributed by atoms with Gasteiger partial charge in [0, 0.05) is 39.3 Å². The summed E-state index contributed by atoms with van der Waals surface area (Å²) in [4.78, 5) is 15.9. The van der Waals surface area contributed by atoms with Crippen LogP contribution in [-0.2, 0) is 20.7 Å². The van der Waals surface area contributed by atoms with Gasteiger partial charge in [-0.25, -0.2) is 4.39 Å². The number of primary amides is 1. The van der Waals surface area contributed by atoms with Gasteiger partial charge in [-0.15, -0.1) is 24.0 Å². The van der Waals surface area contributed by atoms with E-state index in [4.69, 9.17) is 15.2 Å². The number of ether oxygens (including phenoxy) is 2. The van der Waals surface area contributed by atoms with Crippen molar-refractivity contribution in [1.82, 2.24) is 10.6 Å². The number of amides is 1. The third-order valence-corrected chi connectivity index (χ3v) is 4.67. The quantitative estimate of drug-likeness (QED) is 0.178. The molecular weight excluding hydrogens is 490 g/mol. The van der Waals surface area contributed by atoms with Crippen LogP contribution in [0.25, 0.3) is 0 Å². The number of guanidine groups is 1. The predicted molar refractivity (Wildman–Crippen MR) is 122 cm³/mol. The molecule has 0 radical (unpaired) electrons. The molecule has 2 atom stereocenters. The molecule has 1 aromatic rings. The zero-order valence-electron chi connectivity index (χ0n) is 16.9. The van der Waals surface area contributed by atoms with Gasteiger partial charge in [0.2, 0.25) is 5.91 Å². The fourth-order valence-electron chi connectivity index (χ4n) is 2.96. The predicted octanol–water partition coefficient (Wildman–Crippen LogP) is 1.70. The van der Waals surface area contributed by atoms with Gasteiger partial charge >= 0.3 is 0 Å². The van der Waals surface area contributed by atoms with Crippen molar-refractivity contribution in [2.24, 2.45) is 22.6 Å². The largest absolute Gasteiger partial charge is 0.381 e. The lowest BCUT2D eigenvalue weighted by Crippen LogP contribution is -2.43. The molecule has 4 N–H and O–H groups in total. The summed E-state index contributed by atoms with van der Waals surface area (Å²) in [6, 6.07) is 6.08. The molecule has 0 spiro atoms. The maximum absolute atomic E-state index is 13.0. The minimum Gasteiger partial charge on any atom is -0.381 e. The first-order chi connectivity index (χ1) is 13.6. The van der Waals surface area contributed by atoms with E-state index in [0.29, 0.717) is 38.0 Å². The molecule has 1 heterocycles. The van der Waals surface area contributed by atoms with Gasteiger partial charge in [0.05, 0.1) is 19.1 Å². The van der Waals surface area contributed by atoms with E-state index < -0.39 is 11.8 Å². The average molecular weight is 522 g/mol. The monoisotopic (exact) mass is 522 g/mol. The van der Waals surface area contributed by atoms with Crippen LogP contribution in [0.4, 0.5) is 4.39 Å². The van der Waals surface area contributed by atoms with Gasteiger partial charge < -0.3 is 25.8 Å². The summed E-state index contributed by atoms with van der Waals surface area (Å²) in [5.41, 5.74) is 6.37. The van der Waals surface area contributed by atoms with Gasteiger partial charge in [0.15, 0.2) is 5.96 Å². The molecule has 0 bridgehead atoms. The number of carbonyl (C=O) groups excluding carboxylic acids is 1. The summed E-state index contributed by atoms with van der Waals surface area (Å²) in [5.74, 6) is 0.00369. The number of nitrogens with two attached hydrogens (primary N) is 1. The number of halogens is 2. The van der Waals surface area contributed by atoms with Crippen molar-refractivity contribution < 1.29 is 18.7 Å². The van der Waals surface area contributed by atoms with Crippen LogP contribution in [0.2, 0.25) is 0 Å². The van der Waals surface area contributed by atoms with Crippen molar-refractivity contribution >= 4 is 35.8 Å². The average Bonchev–Trinajstić information content (AvgIpc) is 3.20. The highest BCUT2D eigenvalue weighted by molar-refractivity contribution is 14.0. The Kier molecular flexibility index (Phi) is 12.8. The number of aliphatic imine (C=N–C) groups is 1. The van der Waals surface area contributed by atoms with E-state index in [1.807, 2.05) is 0 Å². The van der Waals surface area contributed by atoms with Crippen LogP contribution in [0, 0.1) is 17.7 Å². The van der Waals surface area contributed by atoms with Crippen LogP contribution in [0.3, 0.4) is 0 Å². The Labute approximate surface area is 189 Å². The summed E-state index contributed by atoms with van der Waals surface area (Å²) < 4.78 is 24.0. The summed E-state index contributed by atoms with van der Waals surface area (Å²) in [5, 5.41) is 6.32. The van der Waals surface area contributed by atoms with E-state index in [1.54, 1.807) is 19.2 Å². The maximum atomic E-state index is 13.0. The second-order valence-corrected chi connectivity index (χ2v) is 6.97. The Morgan fingerprint density at radius 2 is 2.14 bits per heavy atom. The third kappa shape index (κ3) is 10.2. The second kappa shape index (κ2) is 14.5. The molecule has 1 amide bonds. The number of benzene rings is 1. The zero-order valence-corrected chi connectivity index (χ0v) is 19.2. The van der Waals surface area contributed by atoms with E-state index >= 15 is 0 Å². The third-order valence-electron chi connectivity index (χ3n) is 4.67. The SMILES string of the molecule is CN=C(NCCCOCC1CCOC1)NCC(Cc1ccc(F)cc1)C(N)=O.I. The highest BCUT2D eigenvalue weighted by Crippen LogP contribution is 2.12. The number of nitrogens with zero attached hydrogens (tertiary/aromatic N) is 1. The Morgan fingerprint density at radius 1 is 1.38 bits per heavy atom. The highest BCUT2D eigenvalue weighted by Gasteiger charge is 2.17. The van der Waals surface area contributed by atoms with Crippen LogP contribution in [0.1, 0.15) is 18.4 Å². The van der Waals surface area contributed by atoms with Gasteiger partial charge in [-0.2, -0.15) is 0 Å². The number of nitrogens with one attached hydrogen (secondary N) is 2. The molecule has 2 unspecified atom stereocenters. The molecule has 2 rings (SSSR count). The minimum atomic E-state index is -0.416. The Hall–Kier alpha value is -1.46. The molecule has 1 aromatic carbocycles. The van der Waals surface area contributed by atoms with Crippen LogP contribution in [0.5, 0.6) is 0 Å². The lowest BCUT2D eigenvalue weighted by atomic mass is 9.98. The van der Waals surface area contributed by atoms with Crippen LogP contribution in [-0.4, -0.2) is 58.4 Å². The number of hydrogen-bond acceptors (Lipinski definition) is 4. The molecule has 29 heavy (non-hydrogen) atoms. The fourth-order valence-corrected chi connectivity index (χ4v) is 2.96. The van der Waals surface area contributed by atoms with Crippen molar-refractivity contribution in [1.29, 1.82) is 0 Å². The molecule has 1 aliphatic rings. The Bertz CT molecular complexity index is 625. The van der Waals surface area contributed by atoms with Crippen LogP contribution < -0.4 is 16.4 Å². The summed E-state index contributed by atoms with van der Waals surface area (Å²) in [6.07, 6.45) is 2.37. The normalized spacial score (nSPS) is 17.4. The van der Waals surface area contributed by atoms with Crippen molar-refractivity contribution in [3.8, 4) is 0 Å². The van der Waals surface area contributed by atoms with E-state index in [1.165, 1.54) is 12.1 Å². The zero-order chi connectivity index (χ0) is 20.2. The standard InChI is InChI=1S/C20H31FN4O3.HI/c1-23-20(24-8-2-9-27-13-16-7-10-28-14-16)25-12-17(19(22)26)11-15-3-5-18(21)6-4-15;/h3-6,16-17H,2,7-14H2,1H3,(H2,22,26)(H2,23,24,25);1H. The molecule has 1 fully saturated rings. The second-order valence-electron chi connectivity index (χ2n) is 6.97. The van der Waals surface area contributed by atoms with Crippen molar-refractivity contribution in [2.75, 3.05) is 46.6 Å². The summed E-state index contributed by atoms with van der Waals surface area (Å²) in [6.45, 7) is 4.12. The molecule has 1 saturated heterocycles. The first-order valence-electron chi connectivity index (χ1n) is 9.72. The minimum absolute atomic E-state index is 0. The molecule has 9 heteroatoms. The number of hydrogen-bond donors (Lipinski definition) is 3. The summed E-state index contributed by atoms with van der Waals surface area (Å²) in [7, 11) is 1.67. The van der Waals surface area contributed by atoms with Gasteiger partial charge in [0.1, 0.15) is 5.82 Å². The van der Waals surface area contributed by atoms with E-state index in [0.717, 1.165) is 38.2 Å². The van der Waals surface area contributed by atoms with E-state index in [9.17, 15) is 9.18 Å². The number of rotatable bonds is 11. The Morgan fingerprint density at radius 3 is 2.76 bits per heavy atom. The van der Waals surface area contributed by atoms with Crippen molar-refractivity contribution in [3.63, 3.8) is 0 Å². The van der Waals surface area contributed by atoms with Crippen molar-refractivity contribution in [3.05, 3.63) is 35.6 Å². The van der Waals surface area contributed by atoms with Crippen LogP contribution in [0.15, 0.2) is 29.3 Å². The van der Waals surface area contributed by atoms with Gasteiger partial charge in [-0.05, 0) is 37.0 Å². The molecular formula is C20H32FIN4O3. The molecule has 0 aromatic heterocycles. The molecule has 164 valence electrons. The van der Waals surface area contributed by atoms with Gasteiger partial charge in [-0.1, -0.05) is 12.1 Å². The van der Waals surface area contributed by atoms with Crippen LogP contribution >= 0.6 is 24.0 Å². The first-order valence-corrected chi connectivity index (χ1v) is 9.72. The van der Waals surface area contributed by atoms with E-state index in [2.05, 4.69) is 15.6 Å². The van der Waals surface area contributed by atoms with Crippen molar-refractivity contribution in [2.45, 2.75) is 19.3 Å². The molecule has 7 nitrogen and oxygen atoms in total. The molecule has 0 saturated carbocycles. The fraction of sp³-hybridized carbons (Fsp3) is 0.600. The Balaban J connectivity index is 0.00000420. The summed E-state index contributed by atoms with van der Waals surface area (Å²) >= 11 is 0. The lowest BCUT2D eigenvalue weighted by molar-refractivity contribution is -0.121. The first kappa shape index (κ1) is 25.6.